The van der Waals surface area contributed by atoms with E-state index in [0.29, 0.717) is 12.3 Å². The summed E-state index contributed by atoms with van der Waals surface area (Å²) in [5, 5.41) is -0.216. The lowest BCUT2D eigenvalue weighted by molar-refractivity contribution is 0.139. The molecule has 1 fully saturated rings. The molecule has 4 nitrogen and oxygen atoms in total. The average molecular weight is 161 g/mol. The molecule has 0 atom stereocenters. The summed E-state index contributed by atoms with van der Waals surface area (Å²) in [5.41, 5.74) is 0. The summed E-state index contributed by atoms with van der Waals surface area (Å²) < 4.78 is 4.36. The van der Waals surface area contributed by atoms with Gasteiger partial charge in [-0.1, -0.05) is 11.8 Å². The number of rotatable bonds is 0. The molecule has 0 N–H and O–H groups in total. The lowest BCUT2D eigenvalue weighted by Gasteiger charge is -2.08. The van der Waals surface area contributed by atoms with Crippen molar-refractivity contribution < 1.29 is 14.3 Å². The van der Waals surface area contributed by atoms with Crippen molar-refractivity contribution in [3.05, 3.63) is 0 Å². The molecule has 0 spiro atoms. The van der Waals surface area contributed by atoms with E-state index in [-0.39, 0.29) is 5.24 Å². The fraction of sp³-hybridized carbons (Fsp3) is 0.600. The lowest BCUT2D eigenvalue weighted by Crippen LogP contribution is -2.30. The Labute approximate surface area is 62.5 Å². The largest absolute Gasteiger partial charge is 0.452 e. The molecular formula is C5H7NO3S. The van der Waals surface area contributed by atoms with Crippen molar-refractivity contribution in [2.24, 2.45) is 0 Å². The number of thioether (sulfide) groups is 1. The number of carbonyl (C=O) groups is 2. The van der Waals surface area contributed by atoms with Gasteiger partial charge >= 0.3 is 6.09 Å². The average Bonchev–Trinajstić information content (AvgIpc) is 2.34. The van der Waals surface area contributed by atoms with Crippen molar-refractivity contribution >= 4 is 23.1 Å². The minimum absolute atomic E-state index is 0.216. The first-order valence-corrected chi connectivity index (χ1v) is 3.76. The van der Waals surface area contributed by atoms with E-state index >= 15 is 0 Å². The number of hydrogen-bond donors (Lipinski definition) is 0. The molecule has 1 aliphatic rings. The van der Waals surface area contributed by atoms with Crippen LogP contribution in [0.25, 0.3) is 0 Å². The molecule has 0 aromatic rings. The summed E-state index contributed by atoms with van der Waals surface area (Å²) in [6, 6.07) is 0. The highest BCUT2D eigenvalue weighted by Crippen LogP contribution is 2.17. The van der Waals surface area contributed by atoms with Crippen LogP contribution in [-0.2, 0) is 4.74 Å². The SMILES string of the molecule is COC(=O)N1CCSC1=O. The van der Waals surface area contributed by atoms with Crippen LogP contribution in [-0.4, -0.2) is 35.6 Å². The van der Waals surface area contributed by atoms with Crippen LogP contribution in [0.1, 0.15) is 0 Å². The molecule has 1 heterocycles. The normalized spacial score (nSPS) is 17.7. The van der Waals surface area contributed by atoms with Crippen molar-refractivity contribution in [1.82, 2.24) is 4.90 Å². The molecule has 0 bridgehead atoms. The zero-order valence-electron chi connectivity index (χ0n) is 5.49. The Kier molecular flexibility index (Phi) is 2.16. The van der Waals surface area contributed by atoms with Gasteiger partial charge in [0.05, 0.1) is 7.11 Å². The zero-order valence-corrected chi connectivity index (χ0v) is 6.31. The van der Waals surface area contributed by atoms with E-state index in [2.05, 4.69) is 4.74 Å². The van der Waals surface area contributed by atoms with Gasteiger partial charge in [-0.3, -0.25) is 4.79 Å². The van der Waals surface area contributed by atoms with Crippen molar-refractivity contribution in [1.29, 1.82) is 0 Å². The third-order valence-corrected chi connectivity index (χ3v) is 2.01. The van der Waals surface area contributed by atoms with E-state index in [4.69, 9.17) is 0 Å². The maximum Gasteiger partial charge on any atom is 0.416 e. The summed E-state index contributed by atoms with van der Waals surface area (Å²) in [7, 11) is 1.26. The summed E-state index contributed by atoms with van der Waals surface area (Å²) in [6.07, 6.45) is -0.560. The van der Waals surface area contributed by atoms with Crippen molar-refractivity contribution in [3.63, 3.8) is 0 Å². The first kappa shape index (κ1) is 7.40. The summed E-state index contributed by atoms with van der Waals surface area (Å²) in [6.45, 7) is 0.468. The maximum absolute atomic E-state index is 10.8. The molecule has 0 aromatic carbocycles. The molecule has 0 unspecified atom stereocenters. The predicted octanol–water partition coefficient (Wildman–Crippen LogP) is 0.922. The van der Waals surface area contributed by atoms with Gasteiger partial charge in [0, 0.05) is 12.3 Å². The van der Waals surface area contributed by atoms with E-state index < -0.39 is 6.09 Å². The number of amides is 2. The fourth-order valence-electron chi connectivity index (χ4n) is 0.669. The molecule has 2 amide bonds. The Balaban J connectivity index is 2.55. The highest BCUT2D eigenvalue weighted by molar-refractivity contribution is 8.13. The van der Waals surface area contributed by atoms with Crippen LogP contribution in [0.15, 0.2) is 0 Å². The minimum atomic E-state index is -0.560. The second-order valence-corrected chi connectivity index (χ2v) is 2.78. The first-order valence-electron chi connectivity index (χ1n) is 2.78. The second kappa shape index (κ2) is 2.92. The smallest absolute Gasteiger partial charge is 0.416 e. The third-order valence-electron chi connectivity index (χ3n) is 1.16. The number of carbonyl (C=O) groups excluding carboxylic acids is 2. The number of hydrogen-bond acceptors (Lipinski definition) is 4. The molecule has 0 radical (unpaired) electrons. The molecule has 1 rings (SSSR count). The number of ether oxygens (including phenoxy) is 1. The minimum Gasteiger partial charge on any atom is -0.452 e. The quantitative estimate of drug-likeness (QED) is 0.530. The summed E-state index contributed by atoms with van der Waals surface area (Å²) in [5.74, 6) is 0.675. The number of imide groups is 1. The Morgan fingerprint density at radius 1 is 1.80 bits per heavy atom. The molecule has 1 aliphatic heterocycles. The van der Waals surface area contributed by atoms with E-state index in [0.717, 1.165) is 16.7 Å². The lowest BCUT2D eigenvalue weighted by atomic mass is 10.7. The van der Waals surface area contributed by atoms with E-state index in [1.54, 1.807) is 0 Å². The van der Waals surface area contributed by atoms with Crippen LogP contribution in [0.4, 0.5) is 9.59 Å². The van der Waals surface area contributed by atoms with Gasteiger partial charge in [-0.2, -0.15) is 0 Å². The molecule has 0 saturated carbocycles. The monoisotopic (exact) mass is 161 g/mol. The molecule has 0 aliphatic carbocycles. The van der Waals surface area contributed by atoms with E-state index in [1.165, 1.54) is 7.11 Å². The van der Waals surface area contributed by atoms with Crippen LogP contribution in [0.5, 0.6) is 0 Å². The predicted molar refractivity (Wildman–Crippen MR) is 37.0 cm³/mol. The van der Waals surface area contributed by atoms with Gasteiger partial charge in [0.15, 0.2) is 0 Å². The standard InChI is InChI=1S/C5H7NO3S/c1-9-4(7)6-2-3-10-5(6)8/h2-3H2,1H3. The van der Waals surface area contributed by atoms with Crippen LogP contribution in [0, 0.1) is 0 Å². The van der Waals surface area contributed by atoms with Gasteiger partial charge in [-0.05, 0) is 0 Å². The van der Waals surface area contributed by atoms with Gasteiger partial charge in [-0.15, -0.1) is 0 Å². The maximum atomic E-state index is 10.8. The number of methoxy groups -OCH3 is 1. The Morgan fingerprint density at radius 2 is 2.50 bits per heavy atom. The summed E-state index contributed by atoms with van der Waals surface area (Å²) in [4.78, 5) is 22.5. The van der Waals surface area contributed by atoms with Crippen LogP contribution in [0.2, 0.25) is 0 Å². The van der Waals surface area contributed by atoms with Crippen LogP contribution in [0.3, 0.4) is 0 Å². The number of nitrogens with zero attached hydrogens (tertiary/aromatic N) is 1. The van der Waals surface area contributed by atoms with Crippen LogP contribution < -0.4 is 0 Å². The van der Waals surface area contributed by atoms with Crippen molar-refractivity contribution in [2.45, 2.75) is 0 Å². The zero-order chi connectivity index (χ0) is 7.56. The Morgan fingerprint density at radius 3 is 2.90 bits per heavy atom. The van der Waals surface area contributed by atoms with Gasteiger partial charge < -0.3 is 4.74 Å². The Hall–Kier alpha value is -0.710. The fourth-order valence-corrected chi connectivity index (χ4v) is 1.44. The summed E-state index contributed by atoms with van der Waals surface area (Å²) >= 11 is 1.14. The molecule has 10 heavy (non-hydrogen) atoms. The topological polar surface area (TPSA) is 46.6 Å². The first-order chi connectivity index (χ1) is 4.75. The highest BCUT2D eigenvalue weighted by atomic mass is 32.2. The highest BCUT2D eigenvalue weighted by Gasteiger charge is 2.27. The second-order valence-electron chi connectivity index (χ2n) is 1.74. The Bertz CT molecular complexity index is 170. The van der Waals surface area contributed by atoms with Gasteiger partial charge in [0.2, 0.25) is 0 Å². The van der Waals surface area contributed by atoms with Gasteiger partial charge in [-0.25, -0.2) is 9.69 Å². The molecular weight excluding hydrogens is 154 g/mol. The van der Waals surface area contributed by atoms with Crippen molar-refractivity contribution in [2.75, 3.05) is 19.4 Å². The van der Waals surface area contributed by atoms with Crippen LogP contribution >= 0.6 is 11.8 Å². The van der Waals surface area contributed by atoms with Gasteiger partial charge in [0.25, 0.3) is 5.24 Å². The van der Waals surface area contributed by atoms with Crippen molar-refractivity contribution in [3.8, 4) is 0 Å². The molecule has 1 saturated heterocycles. The van der Waals surface area contributed by atoms with Gasteiger partial charge in [0.1, 0.15) is 0 Å². The molecule has 5 heteroatoms. The van der Waals surface area contributed by atoms with E-state index in [9.17, 15) is 9.59 Å². The molecule has 56 valence electrons. The molecule has 0 aromatic heterocycles. The third kappa shape index (κ3) is 1.23. The van der Waals surface area contributed by atoms with E-state index in [1.807, 2.05) is 0 Å².